The number of carboxylic acids is 1. The van der Waals surface area contributed by atoms with Crippen molar-refractivity contribution in [3.63, 3.8) is 0 Å². The summed E-state index contributed by atoms with van der Waals surface area (Å²) in [7, 11) is 0. The van der Waals surface area contributed by atoms with Crippen molar-refractivity contribution in [2.45, 2.75) is 19.8 Å². The highest BCUT2D eigenvalue weighted by Gasteiger charge is 2.11. The van der Waals surface area contributed by atoms with E-state index in [9.17, 15) is 9.59 Å². The van der Waals surface area contributed by atoms with Gasteiger partial charge in [-0.15, -0.1) is 0 Å². The number of amides is 1. The van der Waals surface area contributed by atoms with E-state index in [0.29, 0.717) is 23.7 Å². The second-order valence-corrected chi connectivity index (χ2v) is 4.08. The molecule has 0 saturated heterocycles. The zero-order chi connectivity index (χ0) is 12.8. The zero-order valence-electron chi connectivity index (χ0n) is 9.52. The first-order valence-corrected chi connectivity index (χ1v) is 5.64. The molecule has 0 aliphatic carbocycles. The summed E-state index contributed by atoms with van der Waals surface area (Å²) in [6.45, 7) is 1.82. The summed E-state index contributed by atoms with van der Waals surface area (Å²) in [4.78, 5) is 23.4. The molecule has 1 aromatic rings. The minimum atomic E-state index is -0.861. The lowest BCUT2D eigenvalue weighted by Gasteiger charge is -2.21. The first-order chi connectivity index (χ1) is 8.00. The molecule has 17 heavy (non-hydrogen) atoms. The molecule has 0 saturated carbocycles. The summed E-state index contributed by atoms with van der Waals surface area (Å²) in [5.41, 5.74) is 0.690. The third-order valence-corrected chi connectivity index (χ3v) is 2.51. The number of nitrogens with zero attached hydrogens (tertiary/aromatic N) is 1. The van der Waals surface area contributed by atoms with Crippen molar-refractivity contribution in [1.82, 2.24) is 0 Å². The van der Waals surface area contributed by atoms with Gasteiger partial charge in [-0.25, -0.2) is 0 Å². The van der Waals surface area contributed by atoms with Crippen LogP contribution in [0.3, 0.4) is 0 Å². The molecule has 5 heteroatoms. The van der Waals surface area contributed by atoms with Gasteiger partial charge >= 0.3 is 5.97 Å². The van der Waals surface area contributed by atoms with Crippen LogP contribution in [0.4, 0.5) is 5.69 Å². The van der Waals surface area contributed by atoms with Crippen LogP contribution >= 0.6 is 11.6 Å². The fraction of sp³-hybridized carbons (Fsp3) is 0.333. The molecule has 4 nitrogen and oxygen atoms in total. The van der Waals surface area contributed by atoms with Crippen LogP contribution in [0.15, 0.2) is 24.3 Å². The number of anilines is 1. The number of benzene rings is 1. The molecular weight excluding hydrogens is 242 g/mol. The number of hydrogen-bond acceptors (Lipinski definition) is 2. The van der Waals surface area contributed by atoms with Gasteiger partial charge in [-0.05, 0) is 24.6 Å². The minimum Gasteiger partial charge on any atom is -0.481 e. The largest absolute Gasteiger partial charge is 0.481 e. The van der Waals surface area contributed by atoms with Gasteiger partial charge < -0.3 is 10.0 Å². The first kappa shape index (κ1) is 13.5. The monoisotopic (exact) mass is 255 g/mol. The van der Waals surface area contributed by atoms with Crippen molar-refractivity contribution in [3.05, 3.63) is 29.3 Å². The van der Waals surface area contributed by atoms with Crippen molar-refractivity contribution in [2.24, 2.45) is 0 Å². The number of halogens is 1. The Kier molecular flexibility index (Phi) is 4.97. The summed E-state index contributed by atoms with van der Waals surface area (Å²) >= 11 is 5.85. The van der Waals surface area contributed by atoms with Crippen molar-refractivity contribution < 1.29 is 14.7 Å². The Morgan fingerprint density at radius 2 is 2.12 bits per heavy atom. The van der Waals surface area contributed by atoms with E-state index in [4.69, 9.17) is 16.7 Å². The van der Waals surface area contributed by atoms with Gasteiger partial charge in [0.25, 0.3) is 0 Å². The molecule has 0 atom stereocenters. The van der Waals surface area contributed by atoms with Crippen LogP contribution in [-0.4, -0.2) is 23.5 Å². The molecule has 1 amide bonds. The number of carboxylic acid groups (broad SMARTS) is 1. The lowest BCUT2D eigenvalue weighted by atomic mass is 10.2. The van der Waals surface area contributed by atoms with Gasteiger partial charge in [0, 0.05) is 30.6 Å². The van der Waals surface area contributed by atoms with Crippen LogP contribution in [0.5, 0.6) is 0 Å². The molecular formula is C12H14ClNO3. The smallest absolute Gasteiger partial charge is 0.303 e. The third-order valence-electron chi connectivity index (χ3n) is 2.27. The first-order valence-electron chi connectivity index (χ1n) is 5.26. The van der Waals surface area contributed by atoms with Crippen LogP contribution in [-0.2, 0) is 9.59 Å². The maximum Gasteiger partial charge on any atom is 0.303 e. The van der Waals surface area contributed by atoms with E-state index in [2.05, 4.69) is 0 Å². The zero-order valence-corrected chi connectivity index (χ0v) is 10.3. The van der Waals surface area contributed by atoms with Crippen molar-refractivity contribution >= 4 is 29.2 Å². The molecule has 0 heterocycles. The van der Waals surface area contributed by atoms with E-state index in [1.807, 2.05) is 0 Å². The second kappa shape index (κ2) is 6.25. The van der Waals surface area contributed by atoms with Gasteiger partial charge in [-0.1, -0.05) is 17.7 Å². The fourth-order valence-electron chi connectivity index (χ4n) is 1.50. The summed E-state index contributed by atoms with van der Waals surface area (Å²) < 4.78 is 0. The summed E-state index contributed by atoms with van der Waals surface area (Å²) in [5.74, 6) is -0.989. The van der Waals surface area contributed by atoms with Crippen LogP contribution in [0.25, 0.3) is 0 Å². The van der Waals surface area contributed by atoms with Gasteiger partial charge in [0.2, 0.25) is 5.91 Å². The number of aliphatic carboxylic acids is 1. The molecule has 92 valence electrons. The Morgan fingerprint density at radius 3 is 2.65 bits per heavy atom. The molecule has 0 aliphatic rings. The lowest BCUT2D eigenvalue weighted by molar-refractivity contribution is -0.137. The second-order valence-electron chi connectivity index (χ2n) is 3.65. The third kappa shape index (κ3) is 4.44. The molecule has 0 aromatic heterocycles. The number of carbonyl (C=O) groups excluding carboxylic acids is 1. The average Bonchev–Trinajstić information content (AvgIpc) is 2.23. The van der Waals surface area contributed by atoms with Gasteiger partial charge in [0.05, 0.1) is 0 Å². The fourth-order valence-corrected chi connectivity index (χ4v) is 1.69. The normalized spacial score (nSPS) is 10.0. The Hall–Kier alpha value is -1.55. The van der Waals surface area contributed by atoms with Crippen LogP contribution in [0.1, 0.15) is 19.8 Å². The standard InChI is InChI=1S/C12H14ClNO3/c1-9(15)14(7-3-6-12(16)17)11-5-2-4-10(13)8-11/h2,4-5,8H,3,6-7H2,1H3,(H,16,17). The predicted molar refractivity (Wildman–Crippen MR) is 66.3 cm³/mol. The molecule has 0 aliphatic heterocycles. The summed E-state index contributed by atoms with van der Waals surface area (Å²) in [6, 6.07) is 6.93. The summed E-state index contributed by atoms with van der Waals surface area (Å²) in [5, 5.41) is 9.10. The highest BCUT2D eigenvalue weighted by Crippen LogP contribution is 2.20. The van der Waals surface area contributed by atoms with Crippen LogP contribution in [0, 0.1) is 0 Å². The summed E-state index contributed by atoms with van der Waals surface area (Å²) in [6.07, 6.45) is 0.464. The molecule has 1 aromatic carbocycles. The van der Waals surface area contributed by atoms with Gasteiger partial charge in [-0.2, -0.15) is 0 Å². The lowest BCUT2D eigenvalue weighted by Crippen LogP contribution is -2.29. The highest BCUT2D eigenvalue weighted by atomic mass is 35.5. The van der Waals surface area contributed by atoms with E-state index < -0.39 is 5.97 Å². The van der Waals surface area contributed by atoms with E-state index in [1.165, 1.54) is 11.8 Å². The Balaban J connectivity index is 2.72. The quantitative estimate of drug-likeness (QED) is 0.880. The molecule has 0 radical (unpaired) electrons. The molecule has 1 N–H and O–H groups in total. The van der Waals surface area contributed by atoms with Crippen molar-refractivity contribution in [3.8, 4) is 0 Å². The molecule has 0 unspecified atom stereocenters. The van der Waals surface area contributed by atoms with Crippen LogP contribution in [0.2, 0.25) is 5.02 Å². The molecule has 0 fully saturated rings. The van der Waals surface area contributed by atoms with Crippen molar-refractivity contribution in [1.29, 1.82) is 0 Å². The maximum atomic E-state index is 11.5. The van der Waals surface area contributed by atoms with E-state index in [0.717, 1.165) is 0 Å². The SMILES string of the molecule is CC(=O)N(CCCC(=O)O)c1cccc(Cl)c1. The Bertz CT molecular complexity index is 420. The van der Waals surface area contributed by atoms with E-state index in [1.54, 1.807) is 24.3 Å². The number of carbonyl (C=O) groups is 2. The number of hydrogen-bond donors (Lipinski definition) is 1. The highest BCUT2D eigenvalue weighted by molar-refractivity contribution is 6.30. The molecule has 0 bridgehead atoms. The Labute approximate surface area is 105 Å². The van der Waals surface area contributed by atoms with E-state index in [-0.39, 0.29) is 12.3 Å². The molecule has 0 spiro atoms. The number of rotatable bonds is 5. The van der Waals surface area contributed by atoms with Gasteiger partial charge in [-0.3, -0.25) is 9.59 Å². The average molecular weight is 256 g/mol. The van der Waals surface area contributed by atoms with E-state index >= 15 is 0 Å². The topological polar surface area (TPSA) is 57.6 Å². The predicted octanol–water partition coefficient (Wildman–Crippen LogP) is 2.56. The molecule has 1 rings (SSSR count). The van der Waals surface area contributed by atoms with Gasteiger partial charge in [0.15, 0.2) is 0 Å². The maximum absolute atomic E-state index is 11.5. The Morgan fingerprint density at radius 1 is 1.41 bits per heavy atom. The minimum absolute atomic E-state index is 0.0460. The van der Waals surface area contributed by atoms with Crippen molar-refractivity contribution in [2.75, 3.05) is 11.4 Å². The van der Waals surface area contributed by atoms with Crippen LogP contribution < -0.4 is 4.90 Å². The van der Waals surface area contributed by atoms with Gasteiger partial charge in [0.1, 0.15) is 0 Å².